The van der Waals surface area contributed by atoms with Gasteiger partial charge in [0.15, 0.2) is 0 Å². The number of para-hydroxylation sites is 1. The summed E-state index contributed by atoms with van der Waals surface area (Å²) >= 11 is 0. The first-order chi connectivity index (χ1) is 11.4. The number of nitrogens with zero attached hydrogens (tertiary/aromatic N) is 1. The first-order valence-corrected chi connectivity index (χ1v) is 8.42. The van der Waals surface area contributed by atoms with Crippen LogP contribution in [-0.2, 0) is 0 Å². The van der Waals surface area contributed by atoms with Crippen LogP contribution in [0.25, 0.3) is 22.3 Å². The fourth-order valence-electron chi connectivity index (χ4n) is 3.42. The van der Waals surface area contributed by atoms with Gasteiger partial charge in [0.25, 0.3) is 0 Å². The molecular formula is C22H21N. The lowest BCUT2D eigenvalue weighted by atomic mass is 9.99. The van der Waals surface area contributed by atoms with Gasteiger partial charge in [-0.25, -0.2) is 0 Å². The molecule has 0 aliphatic carbocycles. The molecule has 0 bridgehead atoms. The molecule has 3 aromatic rings. The second-order valence-electron chi connectivity index (χ2n) is 6.15. The predicted octanol–water partition coefficient (Wildman–Crippen LogP) is 5.62. The van der Waals surface area contributed by atoms with Gasteiger partial charge in [-0.05, 0) is 35.6 Å². The molecule has 0 atom stereocenters. The van der Waals surface area contributed by atoms with Crippen LogP contribution in [0.4, 0.5) is 5.69 Å². The molecule has 1 heterocycles. The van der Waals surface area contributed by atoms with Crippen molar-refractivity contribution in [2.45, 2.75) is 12.8 Å². The fourth-order valence-corrected chi connectivity index (χ4v) is 3.42. The number of anilines is 1. The van der Waals surface area contributed by atoms with E-state index in [2.05, 4.69) is 83.8 Å². The Bertz CT molecular complexity index is 769. The van der Waals surface area contributed by atoms with E-state index in [-0.39, 0.29) is 0 Å². The van der Waals surface area contributed by atoms with E-state index in [4.69, 9.17) is 0 Å². The minimum absolute atomic E-state index is 1.18. The standard InChI is InChI=1S/C22H21N/c1-2-8-18(9-3-1)19-12-14-20(15-13-19)21-10-4-5-11-22(21)23-16-6-7-17-23/h1-5,8-15H,6-7,16-17H2. The Balaban J connectivity index is 1.69. The van der Waals surface area contributed by atoms with Crippen LogP contribution in [0.1, 0.15) is 12.8 Å². The zero-order chi connectivity index (χ0) is 15.5. The second kappa shape index (κ2) is 6.29. The Hall–Kier alpha value is -2.54. The molecule has 0 radical (unpaired) electrons. The van der Waals surface area contributed by atoms with Gasteiger partial charge in [-0.2, -0.15) is 0 Å². The van der Waals surface area contributed by atoms with Crippen molar-refractivity contribution in [3.63, 3.8) is 0 Å². The summed E-state index contributed by atoms with van der Waals surface area (Å²) < 4.78 is 0. The third-order valence-electron chi connectivity index (χ3n) is 4.65. The van der Waals surface area contributed by atoms with Gasteiger partial charge in [0.2, 0.25) is 0 Å². The first kappa shape index (κ1) is 14.1. The Morgan fingerprint density at radius 1 is 0.522 bits per heavy atom. The van der Waals surface area contributed by atoms with Crippen LogP contribution in [0.2, 0.25) is 0 Å². The van der Waals surface area contributed by atoms with Crippen molar-refractivity contribution >= 4 is 5.69 Å². The van der Waals surface area contributed by atoms with Gasteiger partial charge in [0, 0.05) is 24.3 Å². The maximum atomic E-state index is 2.51. The molecule has 0 amide bonds. The van der Waals surface area contributed by atoms with Gasteiger partial charge >= 0.3 is 0 Å². The van der Waals surface area contributed by atoms with Crippen molar-refractivity contribution in [3.05, 3.63) is 78.9 Å². The van der Waals surface area contributed by atoms with Crippen LogP contribution in [0, 0.1) is 0 Å². The number of benzene rings is 3. The van der Waals surface area contributed by atoms with Crippen LogP contribution >= 0.6 is 0 Å². The van der Waals surface area contributed by atoms with Crippen LogP contribution in [0.5, 0.6) is 0 Å². The lowest BCUT2D eigenvalue weighted by molar-refractivity contribution is 0.949. The summed E-state index contributed by atoms with van der Waals surface area (Å²) in [4.78, 5) is 2.51. The number of rotatable bonds is 3. The highest BCUT2D eigenvalue weighted by atomic mass is 15.1. The molecule has 4 rings (SSSR count). The third-order valence-corrected chi connectivity index (χ3v) is 4.65. The molecule has 23 heavy (non-hydrogen) atoms. The fraction of sp³-hybridized carbons (Fsp3) is 0.182. The molecule has 1 heteroatoms. The van der Waals surface area contributed by atoms with E-state index in [9.17, 15) is 0 Å². The van der Waals surface area contributed by atoms with Crippen molar-refractivity contribution in [1.29, 1.82) is 0 Å². The van der Waals surface area contributed by atoms with E-state index in [0.29, 0.717) is 0 Å². The summed E-state index contributed by atoms with van der Waals surface area (Å²) in [6.07, 6.45) is 2.61. The quantitative estimate of drug-likeness (QED) is 0.606. The molecule has 1 fully saturated rings. The zero-order valence-corrected chi connectivity index (χ0v) is 13.3. The maximum Gasteiger partial charge on any atom is 0.0445 e. The molecule has 0 spiro atoms. The highest BCUT2D eigenvalue weighted by Gasteiger charge is 2.16. The highest BCUT2D eigenvalue weighted by Crippen LogP contribution is 2.33. The van der Waals surface area contributed by atoms with Crippen LogP contribution < -0.4 is 4.90 Å². The molecule has 0 unspecified atom stereocenters. The Morgan fingerprint density at radius 3 is 1.83 bits per heavy atom. The van der Waals surface area contributed by atoms with E-state index >= 15 is 0 Å². The van der Waals surface area contributed by atoms with Gasteiger partial charge in [0.1, 0.15) is 0 Å². The van der Waals surface area contributed by atoms with Gasteiger partial charge in [0.05, 0.1) is 0 Å². The van der Waals surface area contributed by atoms with Gasteiger partial charge in [-0.1, -0.05) is 72.8 Å². The largest absolute Gasteiger partial charge is 0.371 e. The van der Waals surface area contributed by atoms with E-state index in [1.807, 2.05) is 0 Å². The Labute approximate surface area is 138 Å². The molecule has 1 saturated heterocycles. The van der Waals surface area contributed by atoms with E-state index < -0.39 is 0 Å². The molecular weight excluding hydrogens is 278 g/mol. The van der Waals surface area contributed by atoms with Crippen molar-refractivity contribution in [2.24, 2.45) is 0 Å². The molecule has 3 aromatic carbocycles. The molecule has 1 nitrogen and oxygen atoms in total. The summed E-state index contributed by atoms with van der Waals surface area (Å²) in [6, 6.07) is 28.3. The lowest BCUT2D eigenvalue weighted by Gasteiger charge is -2.21. The summed E-state index contributed by atoms with van der Waals surface area (Å²) in [5.74, 6) is 0. The average molecular weight is 299 g/mol. The van der Waals surface area contributed by atoms with Crippen molar-refractivity contribution in [1.82, 2.24) is 0 Å². The topological polar surface area (TPSA) is 3.24 Å². The zero-order valence-electron chi connectivity index (χ0n) is 13.3. The first-order valence-electron chi connectivity index (χ1n) is 8.42. The maximum absolute atomic E-state index is 2.51. The summed E-state index contributed by atoms with van der Waals surface area (Å²) in [7, 11) is 0. The molecule has 0 aromatic heterocycles. The van der Waals surface area contributed by atoms with Crippen molar-refractivity contribution in [3.8, 4) is 22.3 Å². The Morgan fingerprint density at radius 2 is 1.09 bits per heavy atom. The molecule has 114 valence electrons. The smallest absolute Gasteiger partial charge is 0.0445 e. The minimum atomic E-state index is 1.18. The summed E-state index contributed by atoms with van der Waals surface area (Å²) in [5.41, 5.74) is 6.55. The van der Waals surface area contributed by atoms with E-state index in [0.717, 1.165) is 0 Å². The molecule has 1 aliphatic heterocycles. The number of hydrogen-bond acceptors (Lipinski definition) is 1. The second-order valence-corrected chi connectivity index (χ2v) is 6.15. The van der Waals surface area contributed by atoms with E-state index in [1.54, 1.807) is 0 Å². The van der Waals surface area contributed by atoms with Crippen molar-refractivity contribution < 1.29 is 0 Å². The normalized spacial score (nSPS) is 14.2. The Kier molecular flexibility index (Phi) is 3.85. The molecule has 0 saturated carbocycles. The monoisotopic (exact) mass is 299 g/mol. The predicted molar refractivity (Wildman–Crippen MR) is 98.8 cm³/mol. The van der Waals surface area contributed by atoms with Crippen LogP contribution in [-0.4, -0.2) is 13.1 Å². The molecule has 0 N–H and O–H groups in total. The van der Waals surface area contributed by atoms with Gasteiger partial charge in [-0.3, -0.25) is 0 Å². The number of hydrogen-bond donors (Lipinski definition) is 0. The third kappa shape index (κ3) is 2.87. The minimum Gasteiger partial charge on any atom is -0.371 e. The average Bonchev–Trinajstić information content (AvgIpc) is 3.17. The summed E-state index contributed by atoms with van der Waals surface area (Å²) in [6.45, 7) is 2.36. The SMILES string of the molecule is c1ccc(-c2ccc(-c3ccccc3N3CCCC3)cc2)cc1. The van der Waals surface area contributed by atoms with Crippen molar-refractivity contribution in [2.75, 3.05) is 18.0 Å². The highest BCUT2D eigenvalue weighted by molar-refractivity contribution is 5.80. The van der Waals surface area contributed by atoms with Crippen LogP contribution in [0.3, 0.4) is 0 Å². The van der Waals surface area contributed by atoms with Crippen LogP contribution in [0.15, 0.2) is 78.9 Å². The lowest BCUT2D eigenvalue weighted by Crippen LogP contribution is -2.18. The van der Waals surface area contributed by atoms with E-state index in [1.165, 1.54) is 53.9 Å². The van der Waals surface area contributed by atoms with Gasteiger partial charge in [-0.15, -0.1) is 0 Å². The van der Waals surface area contributed by atoms with Gasteiger partial charge < -0.3 is 4.90 Å². The molecule has 1 aliphatic rings. The summed E-state index contributed by atoms with van der Waals surface area (Å²) in [5, 5.41) is 0.